The average molecular weight is 167 g/mol. The Morgan fingerprint density at radius 2 is 2.17 bits per heavy atom. The Bertz CT molecular complexity index is 322. The molecular formula is C8H9NO3. The molecule has 0 amide bonds. The molecular weight excluding hydrogens is 158 g/mol. The standard InChI is InChI=1S/C8H9NO3/c1-5-3-2-4-6-7(5)12-8(9,10)11-6/h2-4,10H,9H2,1H3. The van der Waals surface area contributed by atoms with Crippen LogP contribution in [0.3, 0.4) is 0 Å². The van der Waals surface area contributed by atoms with Gasteiger partial charge in [0.25, 0.3) is 0 Å². The van der Waals surface area contributed by atoms with Crippen LogP contribution in [0.1, 0.15) is 5.56 Å². The number of benzene rings is 1. The Kier molecular flexibility index (Phi) is 1.31. The minimum absolute atomic E-state index is 0.472. The van der Waals surface area contributed by atoms with Gasteiger partial charge in [-0.1, -0.05) is 12.1 Å². The van der Waals surface area contributed by atoms with Gasteiger partial charge in [-0.25, -0.2) is 5.73 Å². The van der Waals surface area contributed by atoms with Crippen molar-refractivity contribution >= 4 is 0 Å². The predicted octanol–water partition coefficient (Wildman–Crippen LogP) is 0.329. The van der Waals surface area contributed by atoms with E-state index in [1.807, 2.05) is 13.0 Å². The van der Waals surface area contributed by atoms with Gasteiger partial charge in [-0.15, -0.1) is 0 Å². The maximum atomic E-state index is 9.17. The summed E-state index contributed by atoms with van der Waals surface area (Å²) in [6.07, 6.45) is -2.01. The van der Waals surface area contributed by atoms with Crippen LogP contribution in [-0.2, 0) is 0 Å². The zero-order valence-electron chi connectivity index (χ0n) is 6.57. The molecule has 0 bridgehead atoms. The molecule has 0 radical (unpaired) electrons. The highest BCUT2D eigenvalue weighted by molar-refractivity contribution is 5.48. The van der Waals surface area contributed by atoms with Crippen molar-refractivity contribution in [2.24, 2.45) is 5.73 Å². The van der Waals surface area contributed by atoms with Gasteiger partial charge in [0.05, 0.1) is 0 Å². The lowest BCUT2D eigenvalue weighted by Gasteiger charge is -2.13. The third-order valence-corrected chi connectivity index (χ3v) is 1.68. The van der Waals surface area contributed by atoms with Gasteiger partial charge in [-0.2, -0.15) is 0 Å². The van der Waals surface area contributed by atoms with Crippen LogP contribution in [0.4, 0.5) is 0 Å². The number of fused-ring (bicyclic) bond motifs is 1. The first-order chi connectivity index (χ1) is 5.58. The van der Waals surface area contributed by atoms with Gasteiger partial charge >= 0.3 is 6.10 Å². The van der Waals surface area contributed by atoms with E-state index in [2.05, 4.69) is 0 Å². The Hall–Kier alpha value is -1.26. The predicted molar refractivity (Wildman–Crippen MR) is 41.6 cm³/mol. The van der Waals surface area contributed by atoms with Crippen LogP contribution in [-0.4, -0.2) is 11.2 Å². The third-order valence-electron chi connectivity index (χ3n) is 1.68. The van der Waals surface area contributed by atoms with E-state index >= 15 is 0 Å². The fourth-order valence-corrected chi connectivity index (χ4v) is 1.16. The maximum Gasteiger partial charge on any atom is 0.439 e. The first kappa shape index (κ1) is 7.39. The second kappa shape index (κ2) is 2.12. The summed E-state index contributed by atoms with van der Waals surface area (Å²) >= 11 is 0. The Labute approximate surface area is 69.5 Å². The lowest BCUT2D eigenvalue weighted by atomic mass is 10.2. The van der Waals surface area contributed by atoms with Gasteiger partial charge in [-0.3, -0.25) is 0 Å². The van der Waals surface area contributed by atoms with Crippen molar-refractivity contribution in [1.29, 1.82) is 0 Å². The number of aryl methyl sites for hydroxylation is 1. The molecule has 0 saturated carbocycles. The van der Waals surface area contributed by atoms with E-state index in [0.29, 0.717) is 11.5 Å². The SMILES string of the molecule is Cc1cccc2c1OC(N)(O)O2. The summed E-state index contributed by atoms with van der Waals surface area (Å²) in [5.74, 6) is 0.975. The summed E-state index contributed by atoms with van der Waals surface area (Å²) in [5, 5.41) is 9.17. The average Bonchev–Trinajstić information content (AvgIpc) is 2.25. The summed E-state index contributed by atoms with van der Waals surface area (Å²) in [5.41, 5.74) is 6.09. The molecule has 12 heavy (non-hydrogen) atoms. The molecule has 2 rings (SSSR count). The first-order valence-corrected chi connectivity index (χ1v) is 3.57. The molecule has 1 aromatic carbocycles. The fraction of sp³-hybridized carbons (Fsp3) is 0.250. The van der Waals surface area contributed by atoms with Gasteiger partial charge in [0.1, 0.15) is 0 Å². The zero-order valence-corrected chi connectivity index (χ0v) is 6.57. The number of hydrogen-bond acceptors (Lipinski definition) is 4. The van der Waals surface area contributed by atoms with Crippen molar-refractivity contribution in [2.75, 3.05) is 0 Å². The minimum Gasteiger partial charge on any atom is -0.413 e. The monoisotopic (exact) mass is 167 g/mol. The van der Waals surface area contributed by atoms with Gasteiger partial charge < -0.3 is 14.6 Å². The number of ether oxygens (including phenoxy) is 2. The molecule has 0 aliphatic carbocycles. The van der Waals surface area contributed by atoms with Crippen LogP contribution in [0.2, 0.25) is 0 Å². The molecule has 3 N–H and O–H groups in total. The lowest BCUT2D eigenvalue weighted by molar-refractivity contribution is -0.245. The Morgan fingerprint density at radius 1 is 1.42 bits per heavy atom. The molecule has 4 nitrogen and oxygen atoms in total. The van der Waals surface area contributed by atoms with Crippen molar-refractivity contribution in [1.82, 2.24) is 0 Å². The van der Waals surface area contributed by atoms with Crippen molar-refractivity contribution < 1.29 is 14.6 Å². The van der Waals surface area contributed by atoms with E-state index in [0.717, 1.165) is 5.56 Å². The molecule has 1 aromatic rings. The van der Waals surface area contributed by atoms with Crippen LogP contribution in [0.25, 0.3) is 0 Å². The van der Waals surface area contributed by atoms with E-state index in [-0.39, 0.29) is 0 Å². The highest BCUT2D eigenvalue weighted by Gasteiger charge is 2.36. The second-order valence-electron chi connectivity index (χ2n) is 2.74. The minimum atomic E-state index is -2.01. The van der Waals surface area contributed by atoms with Crippen molar-refractivity contribution in [3.63, 3.8) is 0 Å². The largest absolute Gasteiger partial charge is 0.439 e. The van der Waals surface area contributed by atoms with Crippen LogP contribution in [0, 0.1) is 6.92 Å². The molecule has 0 fully saturated rings. The normalized spacial score (nSPS) is 25.9. The molecule has 0 saturated heterocycles. The van der Waals surface area contributed by atoms with Gasteiger partial charge in [0, 0.05) is 0 Å². The summed E-state index contributed by atoms with van der Waals surface area (Å²) in [6, 6.07) is 5.34. The van der Waals surface area contributed by atoms with Crippen LogP contribution in [0.5, 0.6) is 11.5 Å². The third kappa shape index (κ3) is 1.01. The molecule has 1 aliphatic rings. The van der Waals surface area contributed by atoms with Crippen LogP contribution in [0.15, 0.2) is 18.2 Å². The second-order valence-corrected chi connectivity index (χ2v) is 2.74. The van der Waals surface area contributed by atoms with E-state index in [1.54, 1.807) is 12.1 Å². The molecule has 1 heterocycles. The quantitative estimate of drug-likeness (QED) is 0.546. The van der Waals surface area contributed by atoms with E-state index < -0.39 is 6.10 Å². The highest BCUT2D eigenvalue weighted by Crippen LogP contribution is 2.38. The summed E-state index contributed by atoms with van der Waals surface area (Å²) in [4.78, 5) is 0. The number of nitrogens with two attached hydrogens (primary N) is 1. The summed E-state index contributed by atoms with van der Waals surface area (Å²) in [7, 11) is 0. The Morgan fingerprint density at radius 3 is 2.83 bits per heavy atom. The van der Waals surface area contributed by atoms with Crippen LogP contribution >= 0.6 is 0 Å². The van der Waals surface area contributed by atoms with Gasteiger partial charge in [-0.05, 0) is 18.6 Å². The molecule has 1 atom stereocenters. The molecule has 64 valence electrons. The summed E-state index contributed by atoms with van der Waals surface area (Å²) < 4.78 is 9.82. The molecule has 0 aromatic heterocycles. The molecule has 1 aliphatic heterocycles. The van der Waals surface area contributed by atoms with Gasteiger partial charge in [0.2, 0.25) is 0 Å². The van der Waals surface area contributed by atoms with Crippen LogP contribution < -0.4 is 15.2 Å². The number of aliphatic hydroxyl groups is 1. The highest BCUT2D eigenvalue weighted by atomic mass is 16.9. The summed E-state index contributed by atoms with van der Waals surface area (Å²) in [6.45, 7) is 1.85. The molecule has 0 spiro atoms. The van der Waals surface area contributed by atoms with E-state index in [1.165, 1.54) is 0 Å². The number of hydrogen-bond donors (Lipinski definition) is 2. The topological polar surface area (TPSA) is 64.7 Å². The smallest absolute Gasteiger partial charge is 0.413 e. The van der Waals surface area contributed by atoms with Crippen molar-refractivity contribution in [2.45, 2.75) is 13.0 Å². The fourth-order valence-electron chi connectivity index (χ4n) is 1.16. The van der Waals surface area contributed by atoms with Crippen molar-refractivity contribution in [3.05, 3.63) is 23.8 Å². The maximum absolute atomic E-state index is 9.17. The van der Waals surface area contributed by atoms with E-state index in [9.17, 15) is 5.11 Å². The number of rotatable bonds is 0. The zero-order chi connectivity index (χ0) is 8.77. The lowest BCUT2D eigenvalue weighted by Crippen LogP contribution is -2.47. The first-order valence-electron chi connectivity index (χ1n) is 3.57. The van der Waals surface area contributed by atoms with E-state index in [4.69, 9.17) is 15.2 Å². The van der Waals surface area contributed by atoms with Gasteiger partial charge in [0.15, 0.2) is 11.5 Å². The molecule has 4 heteroatoms. The molecule has 1 unspecified atom stereocenters. The van der Waals surface area contributed by atoms with Crippen molar-refractivity contribution in [3.8, 4) is 11.5 Å². The Balaban J connectivity index is 2.48. The number of para-hydroxylation sites is 1.